The molecule has 0 atom stereocenters. The van der Waals surface area contributed by atoms with Crippen LogP contribution in [0.3, 0.4) is 0 Å². The van der Waals surface area contributed by atoms with Gasteiger partial charge in [0.15, 0.2) is 0 Å². The van der Waals surface area contributed by atoms with E-state index >= 15 is 0 Å². The first-order valence-corrected chi connectivity index (χ1v) is 10.7. The average Bonchev–Trinajstić information content (AvgIpc) is 3.49. The van der Waals surface area contributed by atoms with Crippen LogP contribution in [0.15, 0.2) is 96.1 Å². The van der Waals surface area contributed by atoms with Gasteiger partial charge in [-0.05, 0) is 0 Å². The molecule has 0 spiro atoms. The molecule has 0 saturated carbocycles. The van der Waals surface area contributed by atoms with E-state index in [1.54, 1.807) is 5.57 Å². The van der Waals surface area contributed by atoms with Gasteiger partial charge in [0.25, 0.3) is 0 Å². The second kappa shape index (κ2) is 17.3. The van der Waals surface area contributed by atoms with E-state index in [0.717, 1.165) is 12.8 Å². The molecule has 156 valence electrons. The molecule has 2 aliphatic rings. The van der Waals surface area contributed by atoms with Gasteiger partial charge >= 0.3 is 95.6 Å². The summed E-state index contributed by atoms with van der Waals surface area (Å²) in [5.74, 6) is 0. The van der Waals surface area contributed by atoms with Crippen LogP contribution < -0.4 is 0 Å². The summed E-state index contributed by atoms with van der Waals surface area (Å²) in [6.45, 7) is 4.42. The van der Waals surface area contributed by atoms with Crippen LogP contribution >= 0.6 is 24.8 Å². The molecule has 0 N–H and O–H groups in total. The molecule has 2 aromatic rings. The van der Waals surface area contributed by atoms with Gasteiger partial charge in [-0.3, -0.25) is 12.2 Å². The first kappa shape index (κ1) is 28.6. The van der Waals surface area contributed by atoms with Crippen molar-refractivity contribution in [3.05, 3.63) is 119 Å². The molecule has 30 heavy (non-hydrogen) atoms. The van der Waals surface area contributed by atoms with Crippen molar-refractivity contribution < 1.29 is 20.0 Å². The zero-order chi connectivity index (χ0) is 20.0. The van der Waals surface area contributed by atoms with Crippen molar-refractivity contribution in [2.24, 2.45) is 0 Å². The van der Waals surface area contributed by atoms with Crippen molar-refractivity contribution in [3.63, 3.8) is 0 Å². The van der Waals surface area contributed by atoms with Crippen LogP contribution in [-0.4, -0.2) is 3.81 Å². The molecule has 3 heteroatoms. The van der Waals surface area contributed by atoms with E-state index in [1.807, 2.05) is 24.3 Å². The van der Waals surface area contributed by atoms with Crippen LogP contribution in [0.25, 0.3) is 0 Å². The maximum atomic E-state index is 3.23. The van der Waals surface area contributed by atoms with E-state index in [2.05, 4.69) is 107 Å². The third kappa shape index (κ3) is 10.0. The van der Waals surface area contributed by atoms with E-state index in [9.17, 15) is 0 Å². The van der Waals surface area contributed by atoms with E-state index in [1.165, 1.54) is 33.4 Å². The fourth-order valence-electron chi connectivity index (χ4n) is 2.93. The van der Waals surface area contributed by atoms with E-state index in [0.29, 0.717) is 0 Å². The number of halogens is 2. The number of hydrogen-bond donors (Lipinski definition) is 0. The second-order valence-electron chi connectivity index (χ2n) is 6.47. The normalized spacial score (nSPS) is 12.8. The summed E-state index contributed by atoms with van der Waals surface area (Å²) in [6.07, 6.45) is 18.8. The van der Waals surface area contributed by atoms with Gasteiger partial charge in [0.05, 0.1) is 0 Å². The Bertz CT molecular complexity index is 795. The van der Waals surface area contributed by atoms with Crippen LogP contribution in [0.2, 0.25) is 0 Å². The molecule has 2 aromatic carbocycles. The van der Waals surface area contributed by atoms with Crippen LogP contribution in [-0.2, 0) is 20.0 Å². The quantitative estimate of drug-likeness (QED) is 0.314. The van der Waals surface area contributed by atoms with Gasteiger partial charge in [-0.15, -0.1) is 37.7 Å². The Morgan fingerprint density at radius 1 is 0.833 bits per heavy atom. The van der Waals surface area contributed by atoms with E-state index in [4.69, 9.17) is 0 Å². The number of hydrogen-bond acceptors (Lipinski definition) is 0. The molecule has 0 amide bonds. The van der Waals surface area contributed by atoms with Gasteiger partial charge < -0.3 is 0 Å². The minimum absolute atomic E-state index is 0. The van der Waals surface area contributed by atoms with Crippen LogP contribution in [0.4, 0.5) is 0 Å². The Kier molecular flexibility index (Phi) is 16.4. The fraction of sp³-hybridized carbons (Fsp3) is 0.222. The third-order valence-corrected chi connectivity index (χ3v) is 5.47. The van der Waals surface area contributed by atoms with Gasteiger partial charge in [0.1, 0.15) is 0 Å². The zero-order valence-corrected chi connectivity index (χ0v) is 20.9. The molecule has 0 radical (unpaired) electrons. The van der Waals surface area contributed by atoms with Crippen molar-refractivity contribution in [2.75, 3.05) is 0 Å². The SMILES string of the molecule is CCC1=C(CC)C[C-]=C1.Cl.Cl.[C-]1=CC=CC1.[Ti+2]=[C](c1ccccc1)c1ccccc1. The standard InChI is InChI=1S/C13H10.C9H13.C5H5.2ClH.Ti/c1-3-7-12(8-4-1)11-13-9-5-2-6-10-13;1-3-8-6-5-7-9(8)4-2;1-2-4-5-3-1;;;/h1-10H;6H,3-4,7H2,1-2H3;1-3H,4H2;2*1H;/q;2*-1;;;+2. The summed E-state index contributed by atoms with van der Waals surface area (Å²) in [7, 11) is 0. The molecule has 0 nitrogen and oxygen atoms in total. The Morgan fingerprint density at radius 3 is 1.73 bits per heavy atom. The van der Waals surface area contributed by atoms with Gasteiger partial charge in [-0.2, -0.15) is 17.2 Å². The molecule has 0 unspecified atom stereocenters. The van der Waals surface area contributed by atoms with Gasteiger partial charge in [0.2, 0.25) is 0 Å². The summed E-state index contributed by atoms with van der Waals surface area (Å²) in [5, 5.41) is 0. The summed E-state index contributed by atoms with van der Waals surface area (Å²) in [5.41, 5.74) is 5.67. The van der Waals surface area contributed by atoms with E-state index < -0.39 is 0 Å². The molecular formula is C27H30Cl2Ti. The summed E-state index contributed by atoms with van der Waals surface area (Å²) >= 11 is 2.16. The Hall–Kier alpha value is -1.44. The van der Waals surface area contributed by atoms with Crippen molar-refractivity contribution >= 4 is 28.6 Å². The van der Waals surface area contributed by atoms with Crippen LogP contribution in [0.5, 0.6) is 0 Å². The molecule has 0 aliphatic heterocycles. The Balaban J connectivity index is 0.000000454. The summed E-state index contributed by atoms with van der Waals surface area (Å²) < 4.78 is 1.33. The molecule has 2 aliphatic carbocycles. The first-order chi connectivity index (χ1) is 13.8. The average molecular weight is 473 g/mol. The van der Waals surface area contributed by atoms with Gasteiger partial charge in [-0.1, -0.05) is 26.7 Å². The van der Waals surface area contributed by atoms with Crippen molar-refractivity contribution in [3.8, 4) is 0 Å². The van der Waals surface area contributed by atoms with Crippen LogP contribution in [0.1, 0.15) is 50.7 Å². The number of rotatable bonds is 4. The predicted molar refractivity (Wildman–Crippen MR) is 132 cm³/mol. The van der Waals surface area contributed by atoms with Crippen molar-refractivity contribution in [1.29, 1.82) is 0 Å². The number of benzene rings is 2. The molecule has 4 rings (SSSR count). The molecular weight excluding hydrogens is 443 g/mol. The van der Waals surface area contributed by atoms with Gasteiger partial charge in [-0.25, -0.2) is 18.2 Å². The molecule has 0 saturated heterocycles. The topological polar surface area (TPSA) is 0 Å². The maximum absolute atomic E-state index is 3.23. The molecule has 0 fully saturated rings. The summed E-state index contributed by atoms with van der Waals surface area (Å²) in [4.78, 5) is 0. The zero-order valence-electron chi connectivity index (χ0n) is 17.7. The van der Waals surface area contributed by atoms with Crippen LogP contribution in [0, 0.1) is 12.2 Å². The van der Waals surface area contributed by atoms with Crippen molar-refractivity contribution in [1.82, 2.24) is 0 Å². The Morgan fingerprint density at radius 2 is 1.40 bits per heavy atom. The van der Waals surface area contributed by atoms with Gasteiger partial charge in [0, 0.05) is 0 Å². The monoisotopic (exact) mass is 472 g/mol. The molecule has 0 heterocycles. The third-order valence-electron chi connectivity index (χ3n) is 4.56. The molecule has 0 aromatic heterocycles. The first-order valence-electron chi connectivity index (χ1n) is 9.94. The van der Waals surface area contributed by atoms with E-state index in [-0.39, 0.29) is 24.8 Å². The molecule has 0 bridgehead atoms. The van der Waals surface area contributed by atoms with Crippen molar-refractivity contribution in [2.45, 2.75) is 39.5 Å². The predicted octanol–water partition coefficient (Wildman–Crippen LogP) is 7.82. The second-order valence-corrected chi connectivity index (χ2v) is 7.25. The summed E-state index contributed by atoms with van der Waals surface area (Å²) in [6, 6.07) is 20.9. The fourth-order valence-corrected chi connectivity index (χ4v) is 3.45. The minimum atomic E-state index is 0. The number of allylic oxidation sites excluding steroid dienone is 8. The Labute approximate surface area is 206 Å².